The number of anilines is 1. The summed E-state index contributed by atoms with van der Waals surface area (Å²) in [5.74, 6) is -2.14. The normalized spacial score (nSPS) is 11.0. The van der Waals surface area contributed by atoms with Crippen LogP contribution in [-0.2, 0) is 0 Å². The fourth-order valence-electron chi connectivity index (χ4n) is 2.46. The van der Waals surface area contributed by atoms with Gasteiger partial charge in [-0.3, -0.25) is 9.20 Å². The first kappa shape index (κ1) is 15.5. The lowest BCUT2D eigenvalue weighted by Gasteiger charge is -2.07. The molecule has 25 heavy (non-hydrogen) atoms. The smallest absolute Gasteiger partial charge is 0.258 e. The topological polar surface area (TPSA) is 46.4 Å². The minimum atomic E-state index is -0.770. The summed E-state index contributed by atoms with van der Waals surface area (Å²) >= 11 is 1.54. The van der Waals surface area contributed by atoms with Crippen LogP contribution in [-0.4, -0.2) is 15.3 Å². The molecule has 0 radical (unpaired) electrons. The van der Waals surface area contributed by atoms with Crippen molar-refractivity contribution < 1.29 is 13.6 Å². The average molecular weight is 355 g/mol. The molecule has 0 atom stereocenters. The third kappa shape index (κ3) is 3.01. The molecule has 2 aromatic heterocycles. The average Bonchev–Trinajstić information content (AvgIpc) is 3.19. The van der Waals surface area contributed by atoms with Gasteiger partial charge in [0.1, 0.15) is 11.6 Å². The first-order valence-electron chi connectivity index (χ1n) is 7.39. The van der Waals surface area contributed by atoms with Crippen LogP contribution >= 0.6 is 11.3 Å². The highest BCUT2D eigenvalue weighted by Crippen LogP contribution is 2.23. The molecule has 4 nitrogen and oxygen atoms in total. The van der Waals surface area contributed by atoms with E-state index in [4.69, 9.17) is 0 Å². The third-order valence-electron chi connectivity index (χ3n) is 3.70. The van der Waals surface area contributed by atoms with Gasteiger partial charge in [-0.25, -0.2) is 13.8 Å². The van der Waals surface area contributed by atoms with Crippen molar-refractivity contribution >= 4 is 27.9 Å². The Kier molecular flexibility index (Phi) is 3.77. The summed E-state index contributed by atoms with van der Waals surface area (Å²) in [5, 5.41) is 4.51. The van der Waals surface area contributed by atoms with Crippen molar-refractivity contribution in [2.45, 2.75) is 0 Å². The molecule has 0 fully saturated rings. The maximum Gasteiger partial charge on any atom is 0.258 e. The van der Waals surface area contributed by atoms with Crippen molar-refractivity contribution in [3.8, 4) is 11.3 Å². The van der Waals surface area contributed by atoms with E-state index >= 15 is 0 Å². The number of carbonyl (C=O) groups is 1. The lowest BCUT2D eigenvalue weighted by molar-refractivity contribution is 0.102. The van der Waals surface area contributed by atoms with Crippen molar-refractivity contribution in [1.29, 1.82) is 0 Å². The highest BCUT2D eigenvalue weighted by Gasteiger charge is 2.13. The standard InChI is InChI=1S/C18H11F2N3OS/c19-12-3-6-15(20)14(9-12)17(24)21-13-4-1-11(2-5-13)16-10-23-7-8-25-18(23)22-16/h1-10H,(H,21,24). The van der Waals surface area contributed by atoms with Gasteiger partial charge >= 0.3 is 0 Å². The zero-order chi connectivity index (χ0) is 17.4. The van der Waals surface area contributed by atoms with Gasteiger partial charge in [-0.1, -0.05) is 12.1 Å². The quantitative estimate of drug-likeness (QED) is 0.584. The highest BCUT2D eigenvalue weighted by atomic mass is 32.1. The number of hydrogen-bond donors (Lipinski definition) is 1. The molecule has 0 spiro atoms. The van der Waals surface area contributed by atoms with E-state index in [1.807, 2.05) is 34.3 Å². The number of nitrogens with zero attached hydrogens (tertiary/aromatic N) is 2. The van der Waals surface area contributed by atoms with Crippen LogP contribution < -0.4 is 5.32 Å². The second kappa shape index (κ2) is 6.10. The number of imidazole rings is 1. The van der Waals surface area contributed by atoms with E-state index in [0.717, 1.165) is 34.4 Å². The lowest BCUT2D eigenvalue weighted by atomic mass is 10.1. The fraction of sp³-hybridized carbons (Fsp3) is 0. The number of carbonyl (C=O) groups excluding carboxylic acids is 1. The van der Waals surface area contributed by atoms with Gasteiger partial charge in [-0.05, 0) is 30.3 Å². The fourth-order valence-corrected chi connectivity index (χ4v) is 3.16. The minimum Gasteiger partial charge on any atom is -0.322 e. The molecule has 1 N–H and O–H groups in total. The molecule has 0 saturated heterocycles. The number of nitrogens with one attached hydrogen (secondary N) is 1. The van der Waals surface area contributed by atoms with E-state index in [1.54, 1.807) is 23.5 Å². The molecule has 1 amide bonds. The Morgan fingerprint density at radius 1 is 1.12 bits per heavy atom. The lowest BCUT2D eigenvalue weighted by Crippen LogP contribution is -2.14. The minimum absolute atomic E-state index is 0.335. The maximum absolute atomic E-state index is 13.6. The Morgan fingerprint density at radius 2 is 1.92 bits per heavy atom. The van der Waals surface area contributed by atoms with Crippen molar-refractivity contribution in [1.82, 2.24) is 9.38 Å². The van der Waals surface area contributed by atoms with E-state index in [2.05, 4.69) is 10.3 Å². The predicted octanol–water partition coefficient (Wildman–Crippen LogP) is 4.59. The van der Waals surface area contributed by atoms with Crippen molar-refractivity contribution in [2.75, 3.05) is 5.32 Å². The molecule has 4 rings (SSSR count). The van der Waals surface area contributed by atoms with Crippen LogP contribution in [0.4, 0.5) is 14.5 Å². The first-order chi connectivity index (χ1) is 12.1. The van der Waals surface area contributed by atoms with Gasteiger partial charge in [0.25, 0.3) is 5.91 Å². The largest absolute Gasteiger partial charge is 0.322 e. The molecule has 0 bridgehead atoms. The Labute approximate surface area is 145 Å². The van der Waals surface area contributed by atoms with Gasteiger partial charge in [0.15, 0.2) is 4.96 Å². The SMILES string of the molecule is O=C(Nc1ccc(-c2cn3ccsc3n2)cc1)c1cc(F)ccc1F. The van der Waals surface area contributed by atoms with Gasteiger partial charge in [-0.15, -0.1) is 11.3 Å². The molecule has 7 heteroatoms. The zero-order valence-corrected chi connectivity index (χ0v) is 13.6. The van der Waals surface area contributed by atoms with Gasteiger partial charge in [0.05, 0.1) is 11.3 Å². The third-order valence-corrected chi connectivity index (χ3v) is 4.48. The second-order valence-corrected chi connectivity index (χ2v) is 6.25. The summed E-state index contributed by atoms with van der Waals surface area (Å²) in [6, 6.07) is 9.77. The van der Waals surface area contributed by atoms with Crippen LogP contribution in [0.3, 0.4) is 0 Å². The number of hydrogen-bond acceptors (Lipinski definition) is 3. The summed E-state index contributed by atoms with van der Waals surface area (Å²) in [5.41, 5.74) is 1.86. The van der Waals surface area contributed by atoms with Crippen LogP contribution in [0, 0.1) is 11.6 Å². The van der Waals surface area contributed by atoms with E-state index < -0.39 is 17.5 Å². The Bertz CT molecular complexity index is 1040. The van der Waals surface area contributed by atoms with Gasteiger partial charge in [-0.2, -0.15) is 0 Å². The Hall–Kier alpha value is -3.06. The van der Waals surface area contributed by atoms with Crippen LogP contribution in [0.15, 0.2) is 60.2 Å². The summed E-state index contributed by atoms with van der Waals surface area (Å²) < 4.78 is 28.8. The van der Waals surface area contributed by atoms with Gasteiger partial charge < -0.3 is 5.32 Å². The molecule has 4 aromatic rings. The molecule has 0 aliphatic carbocycles. The zero-order valence-electron chi connectivity index (χ0n) is 12.7. The highest BCUT2D eigenvalue weighted by molar-refractivity contribution is 7.15. The Morgan fingerprint density at radius 3 is 2.68 bits per heavy atom. The molecule has 0 aliphatic heterocycles. The van der Waals surface area contributed by atoms with Crippen molar-refractivity contribution in [3.63, 3.8) is 0 Å². The van der Waals surface area contributed by atoms with Gasteiger partial charge in [0, 0.05) is 29.0 Å². The molecule has 2 aromatic carbocycles. The summed E-state index contributed by atoms with van der Waals surface area (Å²) in [7, 11) is 0. The van der Waals surface area contributed by atoms with Crippen LogP contribution in [0.1, 0.15) is 10.4 Å². The van der Waals surface area contributed by atoms with E-state index in [1.165, 1.54) is 0 Å². The molecular formula is C18H11F2N3OS. The maximum atomic E-state index is 13.6. The molecule has 0 saturated carbocycles. The van der Waals surface area contributed by atoms with E-state index in [-0.39, 0.29) is 5.56 Å². The Balaban J connectivity index is 1.55. The predicted molar refractivity (Wildman–Crippen MR) is 92.8 cm³/mol. The number of aromatic nitrogens is 2. The van der Waals surface area contributed by atoms with Crippen LogP contribution in [0.5, 0.6) is 0 Å². The summed E-state index contributed by atoms with van der Waals surface area (Å²) in [4.78, 5) is 17.5. The summed E-state index contributed by atoms with van der Waals surface area (Å²) in [6.07, 6.45) is 3.85. The monoisotopic (exact) mass is 355 g/mol. The van der Waals surface area contributed by atoms with E-state index in [9.17, 15) is 13.6 Å². The number of thiazole rings is 1. The number of rotatable bonds is 3. The molecule has 0 unspecified atom stereocenters. The number of halogens is 2. The molecule has 2 heterocycles. The first-order valence-corrected chi connectivity index (χ1v) is 8.27. The number of benzene rings is 2. The molecule has 0 aliphatic rings. The van der Waals surface area contributed by atoms with Crippen molar-refractivity contribution in [2.24, 2.45) is 0 Å². The van der Waals surface area contributed by atoms with Gasteiger partial charge in [0.2, 0.25) is 0 Å². The van der Waals surface area contributed by atoms with Crippen LogP contribution in [0.25, 0.3) is 16.2 Å². The number of amides is 1. The molecule has 124 valence electrons. The van der Waals surface area contributed by atoms with Crippen molar-refractivity contribution in [3.05, 3.63) is 77.4 Å². The second-order valence-electron chi connectivity index (χ2n) is 5.37. The summed E-state index contributed by atoms with van der Waals surface area (Å²) in [6.45, 7) is 0. The molecular weight excluding hydrogens is 344 g/mol. The van der Waals surface area contributed by atoms with Crippen LogP contribution in [0.2, 0.25) is 0 Å². The van der Waals surface area contributed by atoms with E-state index in [0.29, 0.717) is 5.69 Å². The number of fused-ring (bicyclic) bond motifs is 1.